The lowest BCUT2D eigenvalue weighted by atomic mass is 9.98. The first-order chi connectivity index (χ1) is 29.0. The van der Waals surface area contributed by atoms with Crippen molar-refractivity contribution in [2.45, 2.75) is 109 Å². The van der Waals surface area contributed by atoms with Crippen molar-refractivity contribution in [2.24, 2.45) is 17.3 Å². The summed E-state index contributed by atoms with van der Waals surface area (Å²) in [7, 11) is 1.27. The zero-order valence-corrected chi connectivity index (χ0v) is 35.3. The molecule has 3 N–H and O–H groups in total. The lowest BCUT2D eigenvalue weighted by Crippen LogP contribution is -2.51. The van der Waals surface area contributed by atoms with Crippen LogP contribution in [0.5, 0.6) is 0 Å². The number of hydrogen-bond donors (Lipinski definition) is 3. The van der Waals surface area contributed by atoms with Gasteiger partial charge in [-0.1, -0.05) is 44.2 Å². The molecule has 1 spiro atoms. The highest BCUT2D eigenvalue weighted by Crippen LogP contribution is 2.59. The Morgan fingerprint density at radius 2 is 1.61 bits per heavy atom. The number of nitrogens with one attached hydrogen (secondary N) is 3. The standard InChI is InChI=1S/C47H51F2N7O5/c1-24(2)38(54-43(58)60-6)42(57)55-23-46(15-16-46)21-37(55)40-50-22-36(53-40)27-9-13-31-30-12-8-25(18-32(30)47(48,49)33(31)19-27)26-10-14-34-35(20-26)52-41(51-34)39-28-7-11-29(17-28)56(39)44(59)61-45(3,4)5/h8-10,12-14,18-20,22,24,28-29,37-39H,7,11,15-17,21,23H2,1-6H3,(H,50,53)(H,51,52)(H,54,58)/t28-,29-,37?,38?,39?/m1/s1. The van der Waals surface area contributed by atoms with E-state index in [1.165, 1.54) is 13.2 Å². The Bertz CT molecular complexity index is 2610. The molecular formula is C47H51F2N7O5. The first-order valence-electron chi connectivity index (χ1n) is 21.4. The van der Waals surface area contributed by atoms with E-state index in [4.69, 9.17) is 19.4 Å². The van der Waals surface area contributed by atoms with Crippen LogP contribution in [0.25, 0.3) is 44.5 Å². The summed E-state index contributed by atoms with van der Waals surface area (Å²) in [6.45, 7) is 9.93. The number of alkyl halides is 2. The van der Waals surface area contributed by atoms with Crippen LogP contribution >= 0.6 is 0 Å². The predicted octanol–water partition coefficient (Wildman–Crippen LogP) is 9.64. The number of carbonyl (C=O) groups excluding carboxylic acids is 3. The van der Waals surface area contributed by atoms with Crippen molar-refractivity contribution in [3.8, 4) is 33.5 Å². The molecule has 2 saturated heterocycles. The maximum absolute atomic E-state index is 16.6. The summed E-state index contributed by atoms with van der Waals surface area (Å²) >= 11 is 0. The van der Waals surface area contributed by atoms with Gasteiger partial charge in [-0.2, -0.15) is 8.78 Å². The van der Waals surface area contributed by atoms with Gasteiger partial charge in [0.25, 0.3) is 5.92 Å². The molecule has 2 saturated carbocycles. The Labute approximate surface area is 352 Å². The fourth-order valence-electron chi connectivity index (χ4n) is 10.4. The number of aromatic nitrogens is 4. The van der Waals surface area contributed by atoms with Crippen molar-refractivity contribution >= 4 is 29.1 Å². The Hall–Kier alpha value is -5.79. The first-order valence-corrected chi connectivity index (χ1v) is 21.4. The van der Waals surface area contributed by atoms with Gasteiger partial charge in [0.1, 0.15) is 23.3 Å². The maximum Gasteiger partial charge on any atom is 0.411 e. The number of nitrogens with zero attached hydrogens (tertiary/aromatic N) is 4. The van der Waals surface area contributed by atoms with Gasteiger partial charge < -0.3 is 29.7 Å². The topological polar surface area (TPSA) is 146 Å². The third kappa shape index (κ3) is 6.64. The second-order valence-electron chi connectivity index (χ2n) is 19.2. The number of alkyl carbamates (subject to hydrolysis) is 1. The molecule has 4 fully saturated rings. The largest absolute Gasteiger partial charge is 0.453 e. The number of H-pyrrole nitrogens is 2. The average Bonchev–Trinajstić information content (AvgIpc) is 3.87. The number of benzene rings is 3. The van der Waals surface area contributed by atoms with E-state index in [0.29, 0.717) is 40.3 Å². The third-order valence-corrected chi connectivity index (χ3v) is 13.7. The molecule has 3 aliphatic carbocycles. The van der Waals surface area contributed by atoms with Crippen LogP contribution in [0.15, 0.2) is 60.8 Å². The molecule has 5 atom stereocenters. The smallest absolute Gasteiger partial charge is 0.411 e. The number of likely N-dealkylation sites (tertiary alicyclic amines) is 2. The van der Waals surface area contributed by atoms with Gasteiger partial charge in [-0.15, -0.1) is 0 Å². The molecule has 3 unspecified atom stereocenters. The quantitative estimate of drug-likeness (QED) is 0.148. The van der Waals surface area contributed by atoms with Crippen LogP contribution in [0.1, 0.15) is 108 Å². The summed E-state index contributed by atoms with van der Waals surface area (Å²) in [5.41, 5.74) is 4.32. The van der Waals surface area contributed by atoms with E-state index in [1.54, 1.807) is 24.4 Å². The zero-order chi connectivity index (χ0) is 42.7. The van der Waals surface area contributed by atoms with Crippen LogP contribution in [0.4, 0.5) is 18.4 Å². The lowest BCUT2D eigenvalue weighted by molar-refractivity contribution is -0.135. The van der Waals surface area contributed by atoms with Crippen molar-refractivity contribution in [3.63, 3.8) is 0 Å². The van der Waals surface area contributed by atoms with Crippen molar-refractivity contribution < 1.29 is 32.6 Å². The Morgan fingerprint density at radius 3 is 2.30 bits per heavy atom. The molecule has 61 heavy (non-hydrogen) atoms. The van der Waals surface area contributed by atoms with Crippen molar-refractivity contribution in [2.75, 3.05) is 13.7 Å². The van der Waals surface area contributed by atoms with Crippen LogP contribution < -0.4 is 5.32 Å². The molecule has 0 radical (unpaired) electrons. The zero-order valence-electron chi connectivity index (χ0n) is 35.3. The van der Waals surface area contributed by atoms with Crippen molar-refractivity contribution in [1.82, 2.24) is 35.1 Å². The highest BCUT2D eigenvalue weighted by molar-refractivity contribution is 5.88. The second kappa shape index (κ2) is 13.9. The molecule has 5 aromatic rings. The molecule has 10 rings (SSSR count). The molecule has 4 heterocycles. The van der Waals surface area contributed by atoms with E-state index in [-0.39, 0.29) is 58.5 Å². The molecule has 2 aromatic heterocycles. The number of hydrogen-bond acceptors (Lipinski definition) is 7. The minimum atomic E-state index is -3.26. The van der Waals surface area contributed by atoms with Gasteiger partial charge in [0.05, 0.1) is 42.1 Å². The minimum absolute atomic E-state index is 0.0215. The molecule has 2 bridgehead atoms. The predicted molar refractivity (Wildman–Crippen MR) is 224 cm³/mol. The molecule has 3 amide bonds. The van der Waals surface area contributed by atoms with Crippen LogP contribution in [0.3, 0.4) is 0 Å². The van der Waals surface area contributed by atoms with Crippen molar-refractivity contribution in [1.29, 1.82) is 0 Å². The van der Waals surface area contributed by atoms with E-state index in [0.717, 1.165) is 60.9 Å². The van der Waals surface area contributed by atoms with Gasteiger partial charge in [0.2, 0.25) is 5.91 Å². The van der Waals surface area contributed by atoms with Gasteiger partial charge in [0, 0.05) is 29.3 Å². The summed E-state index contributed by atoms with van der Waals surface area (Å²) in [6, 6.07) is 14.9. The summed E-state index contributed by atoms with van der Waals surface area (Å²) < 4.78 is 43.8. The van der Waals surface area contributed by atoms with Gasteiger partial charge in [-0.05, 0) is 123 Å². The van der Waals surface area contributed by atoms with Crippen LogP contribution in [-0.4, -0.2) is 79.2 Å². The van der Waals surface area contributed by atoms with Gasteiger partial charge in [-0.3, -0.25) is 9.69 Å². The number of amides is 3. The van der Waals surface area contributed by atoms with E-state index < -0.39 is 23.7 Å². The number of imidazole rings is 2. The van der Waals surface area contributed by atoms with Crippen LogP contribution in [0.2, 0.25) is 0 Å². The number of rotatable bonds is 7. The number of piperidine rings is 1. The lowest BCUT2D eigenvalue weighted by Gasteiger charge is -2.35. The van der Waals surface area contributed by atoms with E-state index >= 15 is 8.78 Å². The fourth-order valence-corrected chi connectivity index (χ4v) is 10.4. The maximum atomic E-state index is 16.6. The minimum Gasteiger partial charge on any atom is -0.453 e. The molecule has 14 heteroatoms. The summed E-state index contributed by atoms with van der Waals surface area (Å²) in [4.78, 5) is 59.6. The van der Waals surface area contributed by atoms with Crippen molar-refractivity contribution in [3.05, 3.63) is 83.6 Å². The SMILES string of the molecule is COC(=O)NC(C(=O)N1CC2(CC2)CC1c1ncc(-c2ccc3c(c2)C(F)(F)c2cc(-c4ccc5nc(C6[C@@H]7CC[C@H](C7)N6C(=O)OC(C)(C)C)[nH]c5c4)ccc2-3)[nH]1)C(C)C. The normalized spacial score (nSPS) is 23.4. The Balaban J connectivity index is 0.901. The molecule has 5 aliphatic rings. The van der Waals surface area contributed by atoms with Crippen LogP contribution in [0, 0.1) is 17.3 Å². The number of ether oxygens (including phenoxy) is 2. The number of carbonyl (C=O) groups is 3. The highest BCUT2D eigenvalue weighted by atomic mass is 19.3. The monoisotopic (exact) mass is 831 g/mol. The van der Waals surface area contributed by atoms with E-state index in [1.807, 2.05) is 74.8 Å². The van der Waals surface area contributed by atoms with E-state index in [2.05, 4.69) is 15.3 Å². The van der Waals surface area contributed by atoms with Gasteiger partial charge in [-0.25, -0.2) is 19.6 Å². The number of aromatic amines is 2. The number of methoxy groups -OCH3 is 1. The molecular weight excluding hydrogens is 781 g/mol. The Morgan fingerprint density at radius 1 is 0.918 bits per heavy atom. The van der Waals surface area contributed by atoms with Gasteiger partial charge in [0.15, 0.2) is 0 Å². The van der Waals surface area contributed by atoms with Crippen LogP contribution in [-0.2, 0) is 20.2 Å². The summed E-state index contributed by atoms with van der Waals surface area (Å²) in [5, 5.41) is 2.70. The fraction of sp³-hybridized carbons (Fsp3) is 0.468. The van der Waals surface area contributed by atoms with E-state index in [9.17, 15) is 14.4 Å². The number of fused-ring (bicyclic) bond motifs is 6. The summed E-state index contributed by atoms with van der Waals surface area (Å²) in [6.07, 6.45) is 6.30. The third-order valence-electron chi connectivity index (χ3n) is 13.7. The summed E-state index contributed by atoms with van der Waals surface area (Å²) in [5.74, 6) is -2.03. The highest BCUT2D eigenvalue weighted by Gasteiger charge is 2.55. The molecule has 12 nitrogen and oxygen atoms in total. The number of halogens is 2. The molecule has 2 aliphatic heterocycles. The molecule has 3 aromatic carbocycles. The van der Waals surface area contributed by atoms with Gasteiger partial charge >= 0.3 is 12.2 Å². The Kier molecular flexibility index (Phi) is 8.95. The first kappa shape index (κ1) is 39.4. The molecule has 318 valence electrons. The average molecular weight is 832 g/mol. The second-order valence-corrected chi connectivity index (χ2v) is 19.2.